The Morgan fingerprint density at radius 3 is 2.37 bits per heavy atom. The van der Waals surface area contributed by atoms with E-state index in [1.165, 1.54) is 5.56 Å². The minimum atomic E-state index is 0. The quantitative estimate of drug-likeness (QED) is 0.276. The van der Waals surface area contributed by atoms with Crippen molar-refractivity contribution in [3.63, 3.8) is 0 Å². The van der Waals surface area contributed by atoms with Gasteiger partial charge in [-0.1, -0.05) is 35.9 Å². The van der Waals surface area contributed by atoms with Crippen molar-refractivity contribution in [1.29, 1.82) is 0 Å². The first kappa shape index (κ1) is 23.5. The lowest BCUT2D eigenvalue weighted by atomic mass is 10.1. The Bertz CT molecular complexity index is 971. The second-order valence-electron chi connectivity index (χ2n) is 6.45. The van der Waals surface area contributed by atoms with Gasteiger partial charge in [0.15, 0.2) is 23.2 Å². The van der Waals surface area contributed by atoms with Gasteiger partial charge in [0.1, 0.15) is 0 Å². The average Bonchev–Trinajstić information content (AvgIpc) is 3.23. The Morgan fingerprint density at radius 2 is 1.70 bits per heavy atom. The fourth-order valence-corrected chi connectivity index (χ4v) is 2.80. The summed E-state index contributed by atoms with van der Waals surface area (Å²) in [6, 6.07) is 13.9. The van der Waals surface area contributed by atoms with Crippen LogP contribution in [-0.4, -0.2) is 32.2 Å². The summed E-state index contributed by atoms with van der Waals surface area (Å²) in [7, 11) is 4.96. The van der Waals surface area contributed by atoms with E-state index in [1.54, 1.807) is 27.5 Å². The summed E-state index contributed by atoms with van der Waals surface area (Å²) >= 11 is 0. The van der Waals surface area contributed by atoms with Gasteiger partial charge in [-0.15, -0.1) is 24.0 Å². The van der Waals surface area contributed by atoms with Gasteiger partial charge in [0.2, 0.25) is 5.89 Å². The van der Waals surface area contributed by atoms with E-state index in [1.807, 2.05) is 30.3 Å². The lowest BCUT2D eigenvalue weighted by Gasteiger charge is -2.12. The molecule has 0 aliphatic rings. The molecular formula is C22H27IN4O3. The van der Waals surface area contributed by atoms with Gasteiger partial charge in [0, 0.05) is 19.2 Å². The third-order valence-corrected chi connectivity index (χ3v) is 4.43. The van der Waals surface area contributed by atoms with E-state index in [0.29, 0.717) is 36.4 Å². The Labute approximate surface area is 193 Å². The molecule has 7 nitrogen and oxygen atoms in total. The molecule has 1 aromatic heterocycles. The summed E-state index contributed by atoms with van der Waals surface area (Å²) in [4.78, 5) is 8.58. The first-order valence-electron chi connectivity index (χ1n) is 9.30. The summed E-state index contributed by atoms with van der Waals surface area (Å²) in [6.07, 6.45) is 1.74. The zero-order chi connectivity index (χ0) is 20.6. The van der Waals surface area contributed by atoms with Crippen LogP contribution in [0.2, 0.25) is 0 Å². The van der Waals surface area contributed by atoms with Crippen LogP contribution >= 0.6 is 24.0 Å². The number of guanidine groups is 1. The number of oxazole rings is 1. The van der Waals surface area contributed by atoms with Gasteiger partial charge in [-0.3, -0.25) is 4.99 Å². The number of hydrogen-bond acceptors (Lipinski definition) is 5. The van der Waals surface area contributed by atoms with Crippen LogP contribution in [-0.2, 0) is 13.1 Å². The molecule has 30 heavy (non-hydrogen) atoms. The van der Waals surface area contributed by atoms with Crippen molar-refractivity contribution in [1.82, 2.24) is 15.6 Å². The van der Waals surface area contributed by atoms with E-state index in [0.717, 1.165) is 16.9 Å². The molecule has 8 heteroatoms. The monoisotopic (exact) mass is 522 g/mol. The number of aromatic nitrogens is 1. The largest absolute Gasteiger partial charge is 0.493 e. The highest BCUT2D eigenvalue weighted by Crippen LogP contribution is 2.27. The van der Waals surface area contributed by atoms with Crippen molar-refractivity contribution < 1.29 is 13.9 Å². The van der Waals surface area contributed by atoms with Crippen LogP contribution in [0.15, 0.2) is 58.1 Å². The summed E-state index contributed by atoms with van der Waals surface area (Å²) in [5.74, 6) is 3.38. The normalized spacial score (nSPS) is 10.9. The number of aliphatic imine (C=N–C) groups is 1. The molecule has 0 atom stereocenters. The minimum absolute atomic E-state index is 0. The number of methoxy groups -OCH3 is 2. The van der Waals surface area contributed by atoms with Crippen molar-refractivity contribution in [3.8, 4) is 22.8 Å². The number of halogens is 1. The molecule has 3 aromatic rings. The summed E-state index contributed by atoms with van der Waals surface area (Å²) in [5, 5.41) is 6.47. The number of nitrogens with zero attached hydrogens (tertiary/aromatic N) is 2. The van der Waals surface area contributed by atoms with Crippen LogP contribution in [0.25, 0.3) is 11.3 Å². The molecule has 0 radical (unpaired) electrons. The van der Waals surface area contributed by atoms with E-state index in [2.05, 4.69) is 39.7 Å². The lowest BCUT2D eigenvalue weighted by Crippen LogP contribution is -2.36. The van der Waals surface area contributed by atoms with Crippen molar-refractivity contribution in [2.45, 2.75) is 20.0 Å². The maximum Gasteiger partial charge on any atom is 0.214 e. The van der Waals surface area contributed by atoms with Crippen LogP contribution in [0.1, 0.15) is 17.0 Å². The van der Waals surface area contributed by atoms with Gasteiger partial charge in [-0.2, -0.15) is 0 Å². The van der Waals surface area contributed by atoms with Crippen LogP contribution in [0, 0.1) is 6.92 Å². The van der Waals surface area contributed by atoms with E-state index in [-0.39, 0.29) is 24.0 Å². The van der Waals surface area contributed by atoms with Gasteiger partial charge in [-0.05, 0) is 24.6 Å². The first-order valence-corrected chi connectivity index (χ1v) is 9.30. The number of nitrogens with one attached hydrogen (secondary N) is 2. The molecule has 0 aliphatic heterocycles. The molecule has 0 aliphatic carbocycles. The third kappa shape index (κ3) is 6.12. The van der Waals surface area contributed by atoms with Crippen LogP contribution in [0.5, 0.6) is 11.5 Å². The Morgan fingerprint density at radius 1 is 1.00 bits per heavy atom. The smallest absolute Gasteiger partial charge is 0.214 e. The maximum atomic E-state index is 5.84. The molecule has 1 heterocycles. The highest BCUT2D eigenvalue weighted by Gasteiger charge is 2.08. The van der Waals surface area contributed by atoms with Gasteiger partial charge < -0.3 is 24.5 Å². The number of benzene rings is 2. The summed E-state index contributed by atoms with van der Waals surface area (Å²) in [6.45, 7) is 3.07. The van der Waals surface area contributed by atoms with E-state index >= 15 is 0 Å². The first-order chi connectivity index (χ1) is 14.1. The molecule has 0 saturated carbocycles. The Hall–Kier alpha value is -2.75. The van der Waals surface area contributed by atoms with Crippen LogP contribution < -0.4 is 20.1 Å². The van der Waals surface area contributed by atoms with Gasteiger partial charge in [0.25, 0.3) is 0 Å². The molecule has 0 unspecified atom stereocenters. The number of rotatable bonds is 7. The molecule has 2 aromatic carbocycles. The molecular weight excluding hydrogens is 495 g/mol. The second kappa shape index (κ2) is 11.4. The maximum absolute atomic E-state index is 5.84. The van der Waals surface area contributed by atoms with Crippen molar-refractivity contribution in [3.05, 3.63) is 65.7 Å². The molecule has 0 amide bonds. The van der Waals surface area contributed by atoms with Crippen LogP contribution in [0.4, 0.5) is 0 Å². The van der Waals surface area contributed by atoms with Gasteiger partial charge in [0.05, 0.1) is 27.0 Å². The minimum Gasteiger partial charge on any atom is -0.493 e. The number of hydrogen-bond donors (Lipinski definition) is 2. The summed E-state index contributed by atoms with van der Waals surface area (Å²) in [5.41, 5.74) is 3.26. The molecule has 0 spiro atoms. The van der Waals surface area contributed by atoms with E-state index < -0.39 is 0 Å². The van der Waals surface area contributed by atoms with E-state index in [4.69, 9.17) is 13.9 Å². The molecule has 160 valence electrons. The van der Waals surface area contributed by atoms with E-state index in [9.17, 15) is 0 Å². The lowest BCUT2D eigenvalue weighted by molar-refractivity contribution is 0.354. The molecule has 2 N–H and O–H groups in total. The molecule has 0 fully saturated rings. The van der Waals surface area contributed by atoms with Crippen molar-refractivity contribution >= 4 is 29.9 Å². The predicted molar refractivity (Wildman–Crippen MR) is 129 cm³/mol. The highest BCUT2D eigenvalue weighted by molar-refractivity contribution is 14.0. The Balaban J connectivity index is 0.00000320. The zero-order valence-corrected chi connectivity index (χ0v) is 19.9. The zero-order valence-electron chi connectivity index (χ0n) is 17.6. The topological polar surface area (TPSA) is 80.9 Å². The SMILES string of the molecule is CN=C(NCc1ccc(OC)c(OC)c1)NCc1ncc(-c2ccc(C)cc2)o1.I. The van der Waals surface area contributed by atoms with Gasteiger partial charge in [-0.25, -0.2) is 4.98 Å². The Kier molecular flexibility index (Phi) is 8.97. The van der Waals surface area contributed by atoms with Crippen LogP contribution in [0.3, 0.4) is 0 Å². The second-order valence-corrected chi connectivity index (χ2v) is 6.45. The van der Waals surface area contributed by atoms with Crippen molar-refractivity contribution in [2.24, 2.45) is 4.99 Å². The molecule has 0 saturated heterocycles. The highest BCUT2D eigenvalue weighted by atomic mass is 127. The fraction of sp³-hybridized carbons (Fsp3) is 0.273. The van der Waals surface area contributed by atoms with Gasteiger partial charge >= 0.3 is 0 Å². The standard InChI is InChI=1S/C22H26N4O3.HI/c1-15-5-8-17(9-6-15)20-13-24-21(29-20)14-26-22(23-2)25-12-16-7-10-18(27-3)19(11-16)28-4;/h5-11,13H,12,14H2,1-4H3,(H2,23,25,26);1H. The number of ether oxygens (including phenoxy) is 2. The number of aryl methyl sites for hydroxylation is 1. The fourth-order valence-electron chi connectivity index (χ4n) is 2.80. The average molecular weight is 522 g/mol. The summed E-state index contributed by atoms with van der Waals surface area (Å²) < 4.78 is 16.4. The van der Waals surface area contributed by atoms with Crippen molar-refractivity contribution in [2.75, 3.05) is 21.3 Å². The molecule has 3 rings (SSSR count). The molecule has 0 bridgehead atoms. The third-order valence-electron chi connectivity index (χ3n) is 4.43. The predicted octanol–water partition coefficient (Wildman–Crippen LogP) is 4.15.